The van der Waals surface area contributed by atoms with Gasteiger partial charge in [-0.15, -0.1) is 6.42 Å². The molecule has 2 aliphatic rings. The summed E-state index contributed by atoms with van der Waals surface area (Å²) in [6, 6.07) is 16.2. The van der Waals surface area contributed by atoms with E-state index in [0.29, 0.717) is 75.0 Å². The van der Waals surface area contributed by atoms with Crippen LogP contribution in [0.2, 0.25) is 5.02 Å². The summed E-state index contributed by atoms with van der Waals surface area (Å²) < 4.78 is 29.6. The molecule has 262 valence electrons. The fourth-order valence-corrected chi connectivity index (χ4v) is 6.64. The molecule has 0 fully saturated rings. The average molecular weight is 719 g/mol. The zero-order valence-corrected chi connectivity index (χ0v) is 29.1. The Balaban J connectivity index is 0.966. The molecule has 3 aromatic carbocycles. The topological polar surface area (TPSA) is 121 Å². The summed E-state index contributed by atoms with van der Waals surface area (Å²) in [6.07, 6.45) is 10.4. The monoisotopic (exact) mass is 718 g/mol. The van der Waals surface area contributed by atoms with E-state index in [-0.39, 0.29) is 37.1 Å². The number of imidazole rings is 2. The number of amides is 1. The van der Waals surface area contributed by atoms with Crippen LogP contribution in [-0.4, -0.2) is 67.8 Å². The third kappa shape index (κ3) is 6.35. The molecule has 0 bridgehead atoms. The number of aromatic nitrogens is 4. The van der Waals surface area contributed by atoms with Crippen molar-refractivity contribution in [3.8, 4) is 23.7 Å². The number of ether oxygens (including phenoxy) is 2. The van der Waals surface area contributed by atoms with Crippen LogP contribution in [0.5, 0.6) is 0 Å². The van der Waals surface area contributed by atoms with E-state index in [9.17, 15) is 14.4 Å². The maximum Gasteiger partial charge on any atom is 0.358 e. The fraction of sp³-hybridized carbons (Fsp3) is 0.231. The molecule has 4 heterocycles. The largest absolute Gasteiger partial charge is 0.461 e. The van der Waals surface area contributed by atoms with Gasteiger partial charge in [0, 0.05) is 28.8 Å². The van der Waals surface area contributed by atoms with Crippen LogP contribution in [0, 0.1) is 18.2 Å². The fourth-order valence-electron chi connectivity index (χ4n) is 6.47. The Hall–Kier alpha value is -6.06. The first kappa shape index (κ1) is 34.4. The van der Waals surface area contributed by atoms with Gasteiger partial charge in [0.1, 0.15) is 18.5 Å². The van der Waals surface area contributed by atoms with E-state index >= 15 is 4.39 Å². The SMILES string of the molecule is C#Cc1ccc2c(c1)C(c1ccccc1F)=N[C@@H](C)c1c(C(=O)OCCCCCOC(=O)c3ncn4c3CN(C)C(=O)c3cc(Cl)ccc3-4)ncn1-2. The average Bonchev–Trinajstić information content (AvgIpc) is 3.73. The van der Waals surface area contributed by atoms with Gasteiger partial charge in [0.15, 0.2) is 11.4 Å². The Labute approximate surface area is 303 Å². The van der Waals surface area contributed by atoms with Crippen molar-refractivity contribution in [3.05, 3.63) is 129 Å². The minimum Gasteiger partial charge on any atom is -0.461 e. The van der Waals surface area contributed by atoms with Crippen molar-refractivity contribution in [1.82, 2.24) is 24.0 Å². The lowest BCUT2D eigenvalue weighted by molar-refractivity contribution is 0.0468. The van der Waals surface area contributed by atoms with E-state index in [1.54, 1.807) is 64.7 Å². The number of carbonyl (C=O) groups excluding carboxylic acids is 3. The van der Waals surface area contributed by atoms with Gasteiger partial charge in [-0.1, -0.05) is 29.7 Å². The molecule has 0 aliphatic carbocycles. The Kier molecular flexibility index (Phi) is 9.45. The van der Waals surface area contributed by atoms with Gasteiger partial charge in [-0.3, -0.25) is 18.9 Å². The third-order valence-electron chi connectivity index (χ3n) is 9.02. The molecule has 1 atom stereocenters. The summed E-state index contributed by atoms with van der Waals surface area (Å²) in [5.41, 5.74) is 4.91. The predicted octanol–water partition coefficient (Wildman–Crippen LogP) is 6.51. The van der Waals surface area contributed by atoms with Gasteiger partial charge in [0.05, 0.1) is 59.8 Å². The summed E-state index contributed by atoms with van der Waals surface area (Å²) in [5, 5.41) is 0.432. The first-order valence-electron chi connectivity index (χ1n) is 16.6. The molecule has 11 nitrogen and oxygen atoms in total. The van der Waals surface area contributed by atoms with E-state index in [1.165, 1.54) is 23.6 Å². The Morgan fingerprint density at radius 2 is 1.58 bits per heavy atom. The summed E-state index contributed by atoms with van der Waals surface area (Å²) in [6.45, 7) is 2.24. The summed E-state index contributed by atoms with van der Waals surface area (Å²) in [5.74, 6) is 0.784. The normalized spacial score (nSPS) is 14.5. The van der Waals surface area contributed by atoms with E-state index in [4.69, 9.17) is 32.5 Å². The molecule has 2 aromatic heterocycles. The number of carbonyl (C=O) groups is 3. The van der Waals surface area contributed by atoms with Gasteiger partial charge in [0.25, 0.3) is 5.91 Å². The number of benzene rings is 3. The van der Waals surface area contributed by atoms with Crippen molar-refractivity contribution in [2.45, 2.75) is 38.8 Å². The number of rotatable bonds is 9. The molecule has 0 radical (unpaired) electrons. The molecule has 0 saturated heterocycles. The molecule has 7 rings (SSSR count). The lowest BCUT2D eigenvalue weighted by atomic mass is 9.98. The number of unbranched alkanes of at least 4 members (excludes halogenated alkanes) is 2. The van der Waals surface area contributed by atoms with Crippen molar-refractivity contribution >= 4 is 35.2 Å². The van der Waals surface area contributed by atoms with Crippen LogP contribution in [0.1, 0.15) is 91.6 Å². The van der Waals surface area contributed by atoms with E-state index in [0.717, 1.165) is 0 Å². The molecule has 5 aromatic rings. The summed E-state index contributed by atoms with van der Waals surface area (Å²) >= 11 is 6.14. The number of terminal acetylenes is 1. The van der Waals surface area contributed by atoms with Crippen molar-refractivity contribution in [1.29, 1.82) is 0 Å². The number of hydrogen-bond donors (Lipinski definition) is 0. The number of hydrogen-bond acceptors (Lipinski definition) is 8. The van der Waals surface area contributed by atoms with Crippen LogP contribution in [0.4, 0.5) is 4.39 Å². The van der Waals surface area contributed by atoms with Gasteiger partial charge >= 0.3 is 11.9 Å². The lowest BCUT2D eigenvalue weighted by Crippen LogP contribution is -2.26. The molecular formula is C39H32ClFN6O5. The highest BCUT2D eigenvalue weighted by Gasteiger charge is 2.31. The number of halogens is 2. The van der Waals surface area contributed by atoms with Crippen LogP contribution in [0.3, 0.4) is 0 Å². The second-order valence-electron chi connectivity index (χ2n) is 12.4. The standard InChI is InChI=1S/C39H32ClFN6O5/c1-4-24-12-14-30-27(18-24)33(26-10-6-7-11-29(26)41)44-23(2)36-35(43-22-47(30)36)39(50)52-17-9-5-8-16-51-38(49)34-32-20-45(3)37(48)28-19-25(40)13-15-31(28)46(32)21-42-34/h1,6-7,10-15,18-19,21-23H,5,8-9,16-17,20H2,2-3H3/t23-/m0/s1. The number of esters is 2. The van der Waals surface area contributed by atoms with Crippen LogP contribution in [-0.2, 0) is 16.0 Å². The molecule has 0 N–H and O–H groups in total. The Bertz CT molecular complexity index is 2320. The maximum absolute atomic E-state index is 15.0. The van der Waals surface area contributed by atoms with Crippen LogP contribution in [0.25, 0.3) is 11.4 Å². The number of fused-ring (bicyclic) bond motifs is 6. The highest BCUT2D eigenvalue weighted by atomic mass is 35.5. The van der Waals surface area contributed by atoms with E-state index in [2.05, 4.69) is 15.9 Å². The predicted molar refractivity (Wildman–Crippen MR) is 191 cm³/mol. The quantitative estimate of drug-likeness (QED) is 0.0968. The highest BCUT2D eigenvalue weighted by molar-refractivity contribution is 6.31. The molecule has 52 heavy (non-hydrogen) atoms. The number of aliphatic imine (C=N–C) groups is 1. The van der Waals surface area contributed by atoms with Crippen LogP contribution in [0.15, 0.2) is 78.3 Å². The molecule has 0 spiro atoms. The minimum atomic E-state index is -0.605. The van der Waals surface area contributed by atoms with Crippen molar-refractivity contribution in [2.75, 3.05) is 20.3 Å². The van der Waals surface area contributed by atoms with Gasteiger partial charge in [-0.05, 0) is 74.7 Å². The molecule has 13 heteroatoms. The first-order chi connectivity index (χ1) is 25.2. The Morgan fingerprint density at radius 1 is 0.904 bits per heavy atom. The van der Waals surface area contributed by atoms with Crippen molar-refractivity contribution < 1.29 is 28.2 Å². The number of nitrogens with zero attached hydrogens (tertiary/aromatic N) is 6. The van der Waals surface area contributed by atoms with Crippen LogP contribution >= 0.6 is 11.6 Å². The van der Waals surface area contributed by atoms with E-state index < -0.39 is 23.8 Å². The van der Waals surface area contributed by atoms with Gasteiger partial charge < -0.3 is 14.4 Å². The molecule has 0 saturated carbocycles. The van der Waals surface area contributed by atoms with E-state index in [1.807, 2.05) is 13.0 Å². The van der Waals surface area contributed by atoms with Crippen molar-refractivity contribution in [2.24, 2.45) is 4.99 Å². The first-order valence-corrected chi connectivity index (χ1v) is 17.0. The lowest BCUT2D eigenvalue weighted by Gasteiger charge is -2.14. The Morgan fingerprint density at radius 3 is 2.33 bits per heavy atom. The van der Waals surface area contributed by atoms with Crippen molar-refractivity contribution in [3.63, 3.8) is 0 Å². The second-order valence-corrected chi connectivity index (χ2v) is 12.9. The zero-order chi connectivity index (χ0) is 36.5. The van der Waals surface area contributed by atoms with Crippen LogP contribution < -0.4 is 0 Å². The van der Waals surface area contributed by atoms with Gasteiger partial charge in [-0.25, -0.2) is 23.9 Å². The zero-order valence-electron chi connectivity index (χ0n) is 28.3. The second kappa shape index (κ2) is 14.3. The summed E-state index contributed by atoms with van der Waals surface area (Å²) in [4.78, 5) is 54.3. The molecule has 1 amide bonds. The highest BCUT2D eigenvalue weighted by Crippen LogP contribution is 2.34. The maximum atomic E-state index is 15.0. The minimum absolute atomic E-state index is 0.115. The molecule has 0 unspecified atom stereocenters. The third-order valence-corrected chi connectivity index (χ3v) is 9.26. The molecular weight excluding hydrogens is 687 g/mol. The summed E-state index contributed by atoms with van der Waals surface area (Å²) in [7, 11) is 1.65. The smallest absolute Gasteiger partial charge is 0.358 e. The van der Waals surface area contributed by atoms with Gasteiger partial charge in [0.2, 0.25) is 0 Å². The molecule has 2 aliphatic heterocycles. The van der Waals surface area contributed by atoms with Gasteiger partial charge in [-0.2, -0.15) is 0 Å².